The highest BCUT2D eigenvalue weighted by Crippen LogP contribution is 2.25. The van der Waals surface area contributed by atoms with Gasteiger partial charge in [-0.25, -0.2) is 9.31 Å². The van der Waals surface area contributed by atoms with Crippen LogP contribution < -0.4 is 0 Å². The van der Waals surface area contributed by atoms with Crippen molar-refractivity contribution in [3.63, 3.8) is 0 Å². The van der Waals surface area contributed by atoms with Crippen LogP contribution in [0, 0.1) is 0 Å². The molecule has 2 aromatic carbocycles. The maximum atomic E-state index is 6.06. The monoisotopic (exact) mass is 335 g/mol. The Kier molecular flexibility index (Phi) is 3.77. The lowest BCUT2D eigenvalue weighted by atomic mass is 10.1. The lowest BCUT2D eigenvalue weighted by Crippen LogP contribution is -2.22. The van der Waals surface area contributed by atoms with Gasteiger partial charge in [0.1, 0.15) is 22.3 Å². The summed E-state index contributed by atoms with van der Waals surface area (Å²) in [6.45, 7) is 4.47. The van der Waals surface area contributed by atoms with Crippen molar-refractivity contribution in [1.29, 1.82) is 0 Å². The lowest BCUT2D eigenvalue weighted by Gasteiger charge is -2.22. The molecule has 126 valence electrons. The summed E-state index contributed by atoms with van der Waals surface area (Å²) in [5.74, 6) is 0. The number of fused-ring (bicyclic) bond motifs is 1. The van der Waals surface area contributed by atoms with Gasteiger partial charge in [0.05, 0.1) is 18.5 Å². The van der Waals surface area contributed by atoms with Gasteiger partial charge in [-0.3, -0.25) is 0 Å². The molecule has 0 N–H and O–H groups in total. The fourth-order valence-electron chi connectivity index (χ4n) is 2.49. The van der Waals surface area contributed by atoms with Crippen LogP contribution in [0.2, 0.25) is 0 Å². The first-order valence-electron chi connectivity index (χ1n) is 7.95. The summed E-state index contributed by atoms with van der Waals surface area (Å²) in [7, 11) is 0. The Morgan fingerprint density at radius 3 is 2.68 bits per heavy atom. The molecule has 0 aliphatic carbocycles. The van der Waals surface area contributed by atoms with Gasteiger partial charge in [-0.15, -0.1) is 5.10 Å². The summed E-state index contributed by atoms with van der Waals surface area (Å²) in [5.41, 5.74) is 3.52. The summed E-state index contributed by atoms with van der Waals surface area (Å²) in [4.78, 5) is 0. The lowest BCUT2D eigenvalue weighted by molar-refractivity contribution is -0.0368. The minimum Gasteiger partial charge on any atom is -0.364 e. The standard InChI is InChI=1S/C18H17N5O2/c1-18(2,24-12-13-6-4-3-5-7-13)17-11-23(22-19-17)14-8-9-15-16(10-14)21-25-20-15/h3-11H,12H2,1-2H3. The van der Waals surface area contributed by atoms with Crippen LogP contribution in [0.1, 0.15) is 25.1 Å². The molecule has 0 bridgehead atoms. The van der Waals surface area contributed by atoms with E-state index < -0.39 is 5.60 Å². The number of hydrogen-bond acceptors (Lipinski definition) is 6. The maximum Gasteiger partial charge on any atom is 0.137 e. The third-order valence-corrected chi connectivity index (χ3v) is 4.05. The second kappa shape index (κ2) is 6.10. The van der Waals surface area contributed by atoms with E-state index >= 15 is 0 Å². The van der Waals surface area contributed by atoms with Crippen molar-refractivity contribution < 1.29 is 9.37 Å². The number of rotatable bonds is 5. The van der Waals surface area contributed by atoms with Crippen molar-refractivity contribution in [3.05, 3.63) is 66.0 Å². The molecule has 0 amide bonds. The summed E-state index contributed by atoms with van der Waals surface area (Å²) < 4.78 is 12.5. The molecule has 2 aromatic heterocycles. The fourth-order valence-corrected chi connectivity index (χ4v) is 2.49. The average molecular weight is 335 g/mol. The molecule has 25 heavy (non-hydrogen) atoms. The summed E-state index contributed by atoms with van der Waals surface area (Å²) >= 11 is 0. The summed E-state index contributed by atoms with van der Waals surface area (Å²) in [6.07, 6.45) is 1.86. The number of aromatic nitrogens is 5. The first-order chi connectivity index (χ1) is 12.1. The molecule has 0 radical (unpaired) electrons. The minimum absolute atomic E-state index is 0.511. The molecule has 7 nitrogen and oxygen atoms in total. The van der Waals surface area contributed by atoms with Crippen molar-refractivity contribution in [1.82, 2.24) is 25.3 Å². The van der Waals surface area contributed by atoms with E-state index in [2.05, 4.69) is 20.6 Å². The van der Waals surface area contributed by atoms with Crippen LogP contribution in [0.25, 0.3) is 16.7 Å². The molecule has 7 heteroatoms. The molecule has 0 unspecified atom stereocenters. The normalized spacial score (nSPS) is 11.9. The number of ether oxygens (including phenoxy) is 1. The maximum absolute atomic E-state index is 6.06. The van der Waals surface area contributed by atoms with E-state index in [4.69, 9.17) is 9.37 Å². The van der Waals surface area contributed by atoms with Gasteiger partial charge in [-0.1, -0.05) is 35.5 Å². The number of benzene rings is 2. The predicted molar refractivity (Wildman–Crippen MR) is 91.0 cm³/mol. The Balaban J connectivity index is 1.54. The third-order valence-electron chi connectivity index (χ3n) is 4.05. The molecule has 0 aliphatic rings. The van der Waals surface area contributed by atoms with E-state index in [0.717, 1.165) is 16.9 Å². The van der Waals surface area contributed by atoms with Crippen LogP contribution >= 0.6 is 0 Å². The molecule has 4 aromatic rings. The topological polar surface area (TPSA) is 78.9 Å². The van der Waals surface area contributed by atoms with Gasteiger partial charge in [0.25, 0.3) is 0 Å². The Labute approximate surface area is 144 Å². The fraction of sp³-hybridized carbons (Fsp3) is 0.222. The largest absolute Gasteiger partial charge is 0.364 e. The predicted octanol–water partition coefficient (Wildman–Crippen LogP) is 3.26. The van der Waals surface area contributed by atoms with Crippen LogP contribution in [0.4, 0.5) is 0 Å². The second-order valence-corrected chi connectivity index (χ2v) is 6.27. The van der Waals surface area contributed by atoms with E-state index in [9.17, 15) is 0 Å². The smallest absolute Gasteiger partial charge is 0.137 e. The van der Waals surface area contributed by atoms with Crippen LogP contribution in [-0.4, -0.2) is 25.3 Å². The van der Waals surface area contributed by atoms with E-state index in [1.807, 2.05) is 68.6 Å². The molecule has 4 rings (SSSR count). The average Bonchev–Trinajstić information content (AvgIpc) is 3.30. The zero-order valence-corrected chi connectivity index (χ0v) is 14.0. The highest BCUT2D eigenvalue weighted by molar-refractivity contribution is 5.75. The van der Waals surface area contributed by atoms with Crippen LogP contribution in [-0.2, 0) is 16.9 Å². The van der Waals surface area contributed by atoms with Gasteiger partial charge in [-0.05, 0) is 47.9 Å². The van der Waals surface area contributed by atoms with Crippen LogP contribution in [0.15, 0.2) is 59.4 Å². The molecule has 0 saturated carbocycles. The second-order valence-electron chi connectivity index (χ2n) is 6.27. The van der Waals surface area contributed by atoms with Gasteiger partial charge >= 0.3 is 0 Å². The Hall–Kier alpha value is -3.06. The van der Waals surface area contributed by atoms with E-state index in [1.54, 1.807) is 4.68 Å². The molecule has 0 aliphatic heterocycles. The zero-order chi connectivity index (χ0) is 17.3. The summed E-state index contributed by atoms with van der Waals surface area (Å²) in [5, 5.41) is 16.1. The van der Waals surface area contributed by atoms with Crippen molar-refractivity contribution >= 4 is 11.0 Å². The zero-order valence-electron chi connectivity index (χ0n) is 14.0. The van der Waals surface area contributed by atoms with Gasteiger partial charge in [-0.2, -0.15) is 0 Å². The minimum atomic E-state index is -0.562. The van der Waals surface area contributed by atoms with Gasteiger partial charge in [0.2, 0.25) is 0 Å². The molecule has 0 atom stereocenters. The molecule has 0 spiro atoms. The molecule has 2 heterocycles. The van der Waals surface area contributed by atoms with E-state index in [1.165, 1.54) is 0 Å². The SMILES string of the molecule is CC(C)(OCc1ccccc1)c1cn(-c2ccc3nonc3c2)nn1. The Morgan fingerprint density at radius 2 is 1.84 bits per heavy atom. The van der Waals surface area contributed by atoms with Gasteiger partial charge in [0, 0.05) is 0 Å². The van der Waals surface area contributed by atoms with E-state index in [-0.39, 0.29) is 0 Å². The first-order valence-corrected chi connectivity index (χ1v) is 7.95. The highest BCUT2D eigenvalue weighted by Gasteiger charge is 2.25. The Bertz CT molecular complexity index is 991. The Morgan fingerprint density at radius 1 is 1.04 bits per heavy atom. The molecular weight excluding hydrogens is 318 g/mol. The van der Waals surface area contributed by atoms with Crippen molar-refractivity contribution in [2.45, 2.75) is 26.1 Å². The van der Waals surface area contributed by atoms with Crippen molar-refractivity contribution in [3.8, 4) is 5.69 Å². The van der Waals surface area contributed by atoms with Crippen molar-refractivity contribution in [2.24, 2.45) is 0 Å². The van der Waals surface area contributed by atoms with Gasteiger partial charge < -0.3 is 4.74 Å². The molecule has 0 saturated heterocycles. The molecular formula is C18H17N5O2. The van der Waals surface area contributed by atoms with Crippen LogP contribution in [0.3, 0.4) is 0 Å². The number of hydrogen-bond donors (Lipinski definition) is 0. The van der Waals surface area contributed by atoms with Crippen molar-refractivity contribution in [2.75, 3.05) is 0 Å². The van der Waals surface area contributed by atoms with E-state index in [0.29, 0.717) is 17.6 Å². The first kappa shape index (κ1) is 15.5. The van der Waals surface area contributed by atoms with Gasteiger partial charge in [0.15, 0.2) is 0 Å². The number of nitrogens with zero attached hydrogens (tertiary/aromatic N) is 5. The van der Waals surface area contributed by atoms with Crippen LogP contribution in [0.5, 0.6) is 0 Å². The third kappa shape index (κ3) is 3.14. The summed E-state index contributed by atoms with van der Waals surface area (Å²) in [6, 6.07) is 15.6. The molecule has 0 fully saturated rings. The quantitative estimate of drug-likeness (QED) is 0.557. The highest BCUT2D eigenvalue weighted by atomic mass is 16.6.